The van der Waals surface area contributed by atoms with Gasteiger partial charge >= 0.3 is 0 Å². The first-order valence-electron chi connectivity index (χ1n) is 6.85. The number of fused-ring (bicyclic) bond motifs is 1. The Labute approximate surface area is 117 Å². The minimum absolute atomic E-state index is 0.0653. The number of nitriles is 1. The number of hydrogen-bond acceptors (Lipinski definition) is 4. The van der Waals surface area contributed by atoms with Gasteiger partial charge in [0.2, 0.25) is 6.10 Å². The third-order valence-corrected chi connectivity index (χ3v) is 3.70. The molecule has 2 unspecified atom stereocenters. The van der Waals surface area contributed by atoms with Crippen LogP contribution < -0.4 is 9.47 Å². The quantitative estimate of drug-likeness (QED) is 0.779. The first kappa shape index (κ1) is 12.8. The number of hydrogen-bond donors (Lipinski definition) is 0. The fraction of sp³-hybridized carbons (Fsp3) is 0.467. The Hall–Kier alpha value is -2.22. The Kier molecular flexibility index (Phi) is 3.46. The Bertz CT molecular complexity index is 552. The summed E-state index contributed by atoms with van der Waals surface area (Å²) in [5.41, 5.74) is 0. The molecule has 104 valence electrons. The molecule has 0 saturated carbocycles. The second kappa shape index (κ2) is 5.41. The molecule has 1 amide bonds. The average Bonchev–Trinajstić information content (AvgIpc) is 2.53. The number of likely N-dealkylation sites (tertiary alicyclic amines) is 1. The van der Waals surface area contributed by atoms with Crippen molar-refractivity contribution >= 4 is 5.91 Å². The molecule has 0 bridgehead atoms. The van der Waals surface area contributed by atoms with Crippen molar-refractivity contribution in [3.63, 3.8) is 0 Å². The third kappa shape index (κ3) is 2.42. The first-order chi connectivity index (χ1) is 9.78. The molecule has 3 rings (SSSR count). The van der Waals surface area contributed by atoms with Crippen LogP contribution in [0.25, 0.3) is 0 Å². The van der Waals surface area contributed by atoms with Crippen LogP contribution in [-0.2, 0) is 4.79 Å². The Morgan fingerprint density at radius 3 is 2.95 bits per heavy atom. The zero-order valence-corrected chi connectivity index (χ0v) is 11.1. The molecule has 20 heavy (non-hydrogen) atoms. The number of para-hydroxylation sites is 2. The Morgan fingerprint density at radius 2 is 2.15 bits per heavy atom. The number of ether oxygens (including phenoxy) is 2. The monoisotopic (exact) mass is 272 g/mol. The smallest absolute Gasteiger partial charge is 0.267 e. The Morgan fingerprint density at radius 1 is 1.35 bits per heavy atom. The van der Waals surface area contributed by atoms with Crippen LogP contribution in [0.5, 0.6) is 11.5 Å². The van der Waals surface area contributed by atoms with E-state index in [-0.39, 0.29) is 18.4 Å². The summed E-state index contributed by atoms with van der Waals surface area (Å²) in [5.74, 6) is 1.12. The van der Waals surface area contributed by atoms with Crippen LogP contribution in [0.1, 0.15) is 12.8 Å². The van der Waals surface area contributed by atoms with Crippen LogP contribution in [0.2, 0.25) is 0 Å². The second-order valence-electron chi connectivity index (χ2n) is 5.12. The number of nitrogens with zero attached hydrogens (tertiary/aromatic N) is 2. The van der Waals surface area contributed by atoms with Crippen molar-refractivity contribution in [3.8, 4) is 17.6 Å². The van der Waals surface area contributed by atoms with Crippen LogP contribution in [0.15, 0.2) is 24.3 Å². The van der Waals surface area contributed by atoms with Crippen molar-refractivity contribution in [3.05, 3.63) is 24.3 Å². The van der Waals surface area contributed by atoms with Crippen molar-refractivity contribution in [2.45, 2.75) is 18.9 Å². The van der Waals surface area contributed by atoms with Crippen LogP contribution in [-0.4, -0.2) is 36.6 Å². The summed E-state index contributed by atoms with van der Waals surface area (Å²) in [6, 6.07) is 9.57. The average molecular weight is 272 g/mol. The van der Waals surface area contributed by atoms with E-state index in [4.69, 9.17) is 14.7 Å². The first-order valence-corrected chi connectivity index (χ1v) is 6.85. The van der Waals surface area contributed by atoms with Gasteiger partial charge in [0, 0.05) is 13.1 Å². The van der Waals surface area contributed by atoms with Crippen molar-refractivity contribution in [1.29, 1.82) is 5.26 Å². The fourth-order valence-corrected chi connectivity index (χ4v) is 2.63. The van der Waals surface area contributed by atoms with Crippen molar-refractivity contribution in [2.24, 2.45) is 5.92 Å². The summed E-state index contributed by atoms with van der Waals surface area (Å²) in [5, 5.41) is 8.99. The highest BCUT2D eigenvalue weighted by molar-refractivity contribution is 5.82. The van der Waals surface area contributed by atoms with Gasteiger partial charge < -0.3 is 14.4 Å². The van der Waals surface area contributed by atoms with Gasteiger partial charge in [0.1, 0.15) is 6.61 Å². The van der Waals surface area contributed by atoms with Gasteiger partial charge in [-0.3, -0.25) is 4.79 Å². The van der Waals surface area contributed by atoms with Crippen LogP contribution in [0.3, 0.4) is 0 Å². The summed E-state index contributed by atoms with van der Waals surface area (Å²) in [6.45, 7) is 1.42. The predicted octanol–water partition coefficient (Wildman–Crippen LogP) is 1.59. The summed E-state index contributed by atoms with van der Waals surface area (Å²) < 4.78 is 11.3. The lowest BCUT2D eigenvalue weighted by Gasteiger charge is -2.34. The normalized spacial score (nSPS) is 24.9. The lowest BCUT2D eigenvalue weighted by molar-refractivity contribution is -0.142. The summed E-state index contributed by atoms with van der Waals surface area (Å²) in [6.07, 6.45) is 1.13. The van der Waals surface area contributed by atoms with Crippen LogP contribution >= 0.6 is 0 Å². The fourth-order valence-electron chi connectivity index (χ4n) is 2.63. The topological polar surface area (TPSA) is 62.6 Å². The molecule has 5 heteroatoms. The molecule has 5 nitrogen and oxygen atoms in total. The highest BCUT2D eigenvalue weighted by atomic mass is 16.6. The van der Waals surface area contributed by atoms with E-state index in [1.807, 2.05) is 18.2 Å². The van der Waals surface area contributed by atoms with E-state index in [1.54, 1.807) is 11.0 Å². The van der Waals surface area contributed by atoms with E-state index in [9.17, 15) is 4.79 Å². The second-order valence-corrected chi connectivity index (χ2v) is 5.12. The molecule has 1 saturated heterocycles. The van der Waals surface area contributed by atoms with E-state index >= 15 is 0 Å². The molecule has 1 aromatic carbocycles. The van der Waals surface area contributed by atoms with Crippen molar-refractivity contribution < 1.29 is 14.3 Å². The standard InChI is InChI=1S/C15H16N2O3/c16-8-11-4-3-7-17(9-11)15(18)14-10-19-12-5-1-2-6-13(12)20-14/h1-2,5-6,11,14H,3-4,7,9-10H2. The van der Waals surface area contributed by atoms with Gasteiger partial charge in [0.15, 0.2) is 11.5 Å². The molecular formula is C15H16N2O3. The number of carbonyl (C=O) groups is 1. The van der Waals surface area contributed by atoms with E-state index < -0.39 is 6.10 Å². The number of rotatable bonds is 1. The lowest BCUT2D eigenvalue weighted by Crippen LogP contribution is -2.49. The number of benzene rings is 1. The maximum absolute atomic E-state index is 12.4. The van der Waals surface area contributed by atoms with Crippen molar-refractivity contribution in [1.82, 2.24) is 4.90 Å². The lowest BCUT2D eigenvalue weighted by atomic mass is 9.99. The molecular weight excluding hydrogens is 256 g/mol. The minimum Gasteiger partial charge on any atom is -0.485 e. The van der Waals surface area contributed by atoms with Gasteiger partial charge in [0.05, 0.1) is 12.0 Å². The van der Waals surface area contributed by atoms with Crippen LogP contribution in [0.4, 0.5) is 0 Å². The summed E-state index contributed by atoms with van der Waals surface area (Å²) in [4.78, 5) is 14.2. The van der Waals surface area contributed by atoms with E-state index in [2.05, 4.69) is 6.07 Å². The molecule has 0 radical (unpaired) electrons. The molecule has 2 aliphatic rings. The third-order valence-electron chi connectivity index (χ3n) is 3.70. The number of piperidine rings is 1. The van der Waals surface area contributed by atoms with E-state index in [0.717, 1.165) is 12.8 Å². The zero-order chi connectivity index (χ0) is 13.9. The van der Waals surface area contributed by atoms with Crippen LogP contribution in [0, 0.1) is 17.2 Å². The summed E-state index contributed by atoms with van der Waals surface area (Å²) in [7, 11) is 0. The highest BCUT2D eigenvalue weighted by Crippen LogP contribution is 2.31. The van der Waals surface area contributed by atoms with E-state index in [1.165, 1.54) is 0 Å². The Balaban J connectivity index is 1.68. The number of carbonyl (C=O) groups excluding carboxylic acids is 1. The molecule has 0 aromatic heterocycles. The molecule has 0 aliphatic carbocycles. The SMILES string of the molecule is N#CC1CCCN(C(=O)C2COc3ccccc3O2)C1. The molecule has 2 heterocycles. The molecule has 2 aliphatic heterocycles. The van der Waals surface area contributed by atoms with Gasteiger partial charge in [-0.25, -0.2) is 0 Å². The van der Waals surface area contributed by atoms with Gasteiger partial charge in [0.25, 0.3) is 5.91 Å². The van der Waals surface area contributed by atoms with Gasteiger partial charge in [-0.2, -0.15) is 5.26 Å². The van der Waals surface area contributed by atoms with Crippen molar-refractivity contribution in [2.75, 3.05) is 19.7 Å². The predicted molar refractivity (Wildman–Crippen MR) is 71.3 cm³/mol. The molecule has 1 aromatic rings. The summed E-state index contributed by atoms with van der Waals surface area (Å²) >= 11 is 0. The maximum atomic E-state index is 12.4. The largest absolute Gasteiger partial charge is 0.485 e. The van der Waals surface area contributed by atoms with Gasteiger partial charge in [-0.1, -0.05) is 12.1 Å². The molecule has 1 fully saturated rings. The van der Waals surface area contributed by atoms with Gasteiger partial charge in [-0.15, -0.1) is 0 Å². The minimum atomic E-state index is -0.609. The molecule has 2 atom stereocenters. The number of amides is 1. The molecule has 0 spiro atoms. The highest BCUT2D eigenvalue weighted by Gasteiger charge is 2.33. The maximum Gasteiger partial charge on any atom is 0.267 e. The van der Waals surface area contributed by atoms with Gasteiger partial charge in [-0.05, 0) is 25.0 Å². The molecule has 0 N–H and O–H groups in total. The van der Waals surface area contributed by atoms with E-state index in [0.29, 0.717) is 24.6 Å². The zero-order valence-electron chi connectivity index (χ0n) is 11.1.